The number of nitrogens with zero attached hydrogens (tertiary/aromatic N) is 3. The standard InChI is InChI=1S/C25H38FN5O/c1-6-9-11-12-21(26)14-15-28-31-20(5)29-24(18-22(31)8-3)25(32)30-17-16-27-23(19(30)4)13-10-7-2/h7,10,12-13,18-19,27-28H,5-6,8-9,11,14-17H2,1-4H3/b10-7-,21-12+,23-13-. The number of hydrazine groups is 1. The van der Waals surface area contributed by atoms with E-state index in [9.17, 15) is 9.18 Å². The van der Waals surface area contributed by atoms with Gasteiger partial charge in [-0.05, 0) is 45.3 Å². The molecule has 0 aromatic rings. The van der Waals surface area contributed by atoms with Crippen LogP contribution in [0.2, 0.25) is 0 Å². The van der Waals surface area contributed by atoms with Crippen molar-refractivity contribution in [2.75, 3.05) is 19.6 Å². The number of hydrogen-bond donors (Lipinski definition) is 2. The molecule has 176 valence electrons. The normalized spacial score (nSPS) is 21.2. The van der Waals surface area contributed by atoms with Gasteiger partial charge < -0.3 is 10.2 Å². The van der Waals surface area contributed by atoms with Crippen LogP contribution in [-0.2, 0) is 4.79 Å². The van der Waals surface area contributed by atoms with E-state index in [0.717, 1.165) is 30.7 Å². The number of carbonyl (C=O) groups is 1. The van der Waals surface area contributed by atoms with Crippen molar-refractivity contribution >= 4 is 11.6 Å². The largest absolute Gasteiger partial charge is 0.385 e. The highest BCUT2D eigenvalue weighted by atomic mass is 19.1. The van der Waals surface area contributed by atoms with Crippen LogP contribution in [0.3, 0.4) is 0 Å². The third kappa shape index (κ3) is 6.92. The summed E-state index contributed by atoms with van der Waals surface area (Å²) in [5.41, 5.74) is 5.48. The Morgan fingerprint density at radius 1 is 1.44 bits per heavy atom. The number of unbranched alkanes of at least 4 members (excludes halogenated alkanes) is 2. The molecule has 2 N–H and O–H groups in total. The smallest absolute Gasteiger partial charge is 0.273 e. The van der Waals surface area contributed by atoms with Gasteiger partial charge >= 0.3 is 0 Å². The zero-order valence-corrected chi connectivity index (χ0v) is 20.0. The molecule has 1 amide bonds. The van der Waals surface area contributed by atoms with Crippen LogP contribution in [0.4, 0.5) is 4.39 Å². The summed E-state index contributed by atoms with van der Waals surface area (Å²) in [5.74, 6) is 0.224. The Kier molecular flexibility index (Phi) is 10.4. The fourth-order valence-electron chi connectivity index (χ4n) is 3.68. The van der Waals surface area contributed by atoms with E-state index < -0.39 is 0 Å². The second-order valence-corrected chi connectivity index (χ2v) is 7.94. The van der Waals surface area contributed by atoms with Crippen LogP contribution in [0, 0.1) is 0 Å². The molecule has 0 aliphatic carbocycles. The van der Waals surface area contributed by atoms with Crippen molar-refractivity contribution in [1.29, 1.82) is 0 Å². The van der Waals surface area contributed by atoms with E-state index in [1.54, 1.807) is 11.1 Å². The average molecular weight is 444 g/mol. The molecule has 1 unspecified atom stereocenters. The summed E-state index contributed by atoms with van der Waals surface area (Å²) in [6, 6.07) is -0.0690. The maximum Gasteiger partial charge on any atom is 0.273 e. The van der Waals surface area contributed by atoms with Gasteiger partial charge in [0.1, 0.15) is 11.5 Å². The number of rotatable bonds is 10. The average Bonchev–Trinajstić information content (AvgIpc) is 2.78. The molecule has 2 aliphatic rings. The first-order chi connectivity index (χ1) is 15.4. The fourth-order valence-corrected chi connectivity index (χ4v) is 3.68. The Labute approximate surface area is 192 Å². The molecule has 2 aliphatic heterocycles. The molecular formula is C25H38FN5O. The van der Waals surface area contributed by atoms with Crippen molar-refractivity contribution in [1.82, 2.24) is 20.7 Å². The molecule has 0 spiro atoms. The lowest BCUT2D eigenvalue weighted by Gasteiger charge is -2.37. The number of hydrogen-bond acceptors (Lipinski definition) is 5. The topological polar surface area (TPSA) is 60.0 Å². The van der Waals surface area contributed by atoms with E-state index in [4.69, 9.17) is 0 Å². The molecule has 1 fully saturated rings. The van der Waals surface area contributed by atoms with Crippen molar-refractivity contribution in [3.8, 4) is 0 Å². The number of amides is 1. The molecule has 0 aromatic heterocycles. The first-order valence-corrected chi connectivity index (χ1v) is 11.7. The van der Waals surface area contributed by atoms with Crippen LogP contribution in [0.1, 0.15) is 59.8 Å². The predicted octanol–water partition coefficient (Wildman–Crippen LogP) is 4.73. The van der Waals surface area contributed by atoms with Crippen molar-refractivity contribution < 1.29 is 9.18 Å². The van der Waals surface area contributed by atoms with E-state index in [1.165, 1.54) is 0 Å². The van der Waals surface area contributed by atoms with Crippen molar-refractivity contribution in [3.63, 3.8) is 0 Å². The lowest BCUT2D eigenvalue weighted by atomic mass is 10.1. The molecule has 1 atom stereocenters. The van der Waals surface area contributed by atoms with E-state index in [1.807, 2.05) is 50.0 Å². The second-order valence-electron chi connectivity index (χ2n) is 7.94. The first-order valence-electron chi connectivity index (χ1n) is 11.7. The van der Waals surface area contributed by atoms with E-state index in [0.29, 0.717) is 44.0 Å². The lowest BCUT2D eigenvalue weighted by molar-refractivity contribution is -0.125. The molecule has 7 heteroatoms. The molecule has 1 saturated heterocycles. The highest BCUT2D eigenvalue weighted by Crippen LogP contribution is 2.21. The molecule has 0 bridgehead atoms. The van der Waals surface area contributed by atoms with Crippen LogP contribution < -0.4 is 10.7 Å². The highest BCUT2D eigenvalue weighted by Gasteiger charge is 2.31. The second kappa shape index (κ2) is 13.0. The van der Waals surface area contributed by atoms with Gasteiger partial charge in [-0.1, -0.05) is 45.1 Å². The Morgan fingerprint density at radius 3 is 2.91 bits per heavy atom. The molecule has 2 heterocycles. The molecule has 6 nitrogen and oxygen atoms in total. The summed E-state index contributed by atoms with van der Waals surface area (Å²) in [6.45, 7) is 13.8. The van der Waals surface area contributed by atoms with Crippen molar-refractivity contribution in [3.05, 3.63) is 60.0 Å². The van der Waals surface area contributed by atoms with E-state index >= 15 is 0 Å². The number of aliphatic imine (C=N–C) groups is 1. The Balaban J connectivity index is 2.05. The molecule has 0 saturated carbocycles. The quantitative estimate of drug-likeness (QED) is 0.480. The van der Waals surface area contributed by atoms with Gasteiger partial charge in [0.2, 0.25) is 0 Å². The summed E-state index contributed by atoms with van der Waals surface area (Å²) in [4.78, 5) is 19.6. The zero-order chi connectivity index (χ0) is 23.5. The summed E-state index contributed by atoms with van der Waals surface area (Å²) in [5, 5.41) is 5.12. The zero-order valence-electron chi connectivity index (χ0n) is 20.0. The maximum atomic E-state index is 14.0. The number of piperazine rings is 1. The molecule has 0 aromatic carbocycles. The number of nitrogens with one attached hydrogen (secondary N) is 2. The molecule has 32 heavy (non-hydrogen) atoms. The van der Waals surface area contributed by atoms with Crippen LogP contribution in [0.15, 0.2) is 65.0 Å². The van der Waals surface area contributed by atoms with Gasteiger partial charge in [0.25, 0.3) is 5.91 Å². The Morgan fingerprint density at radius 2 is 2.22 bits per heavy atom. The maximum absolute atomic E-state index is 14.0. The van der Waals surface area contributed by atoms with Crippen LogP contribution in [0.25, 0.3) is 0 Å². The lowest BCUT2D eigenvalue weighted by Crippen LogP contribution is -2.53. The monoisotopic (exact) mass is 443 g/mol. The van der Waals surface area contributed by atoms with Gasteiger partial charge in [0.15, 0.2) is 0 Å². The summed E-state index contributed by atoms with van der Waals surface area (Å²) in [7, 11) is 0. The van der Waals surface area contributed by atoms with E-state index in [-0.39, 0.29) is 17.8 Å². The number of halogens is 1. The number of allylic oxidation sites excluding steroid dienone is 5. The van der Waals surface area contributed by atoms with Crippen molar-refractivity contribution in [2.45, 2.75) is 65.8 Å². The van der Waals surface area contributed by atoms with Gasteiger partial charge in [-0.2, -0.15) is 0 Å². The van der Waals surface area contributed by atoms with Gasteiger partial charge in [0, 0.05) is 37.4 Å². The third-order valence-corrected chi connectivity index (χ3v) is 5.57. The SMILES string of the molecule is C=C1N=C(C(=O)N2CCN/C(=C\C=C/C)C2C)C=C(CC)N1NCC/C(F)=C\CCCC. The fraction of sp³-hybridized carbons (Fsp3) is 0.520. The van der Waals surface area contributed by atoms with Crippen molar-refractivity contribution in [2.24, 2.45) is 4.99 Å². The van der Waals surface area contributed by atoms with E-state index in [2.05, 4.69) is 29.2 Å². The van der Waals surface area contributed by atoms with Gasteiger partial charge in [0.05, 0.1) is 11.9 Å². The minimum atomic E-state index is -0.109. The minimum absolute atomic E-state index is 0.0690. The van der Waals surface area contributed by atoms with Crippen LogP contribution in [0.5, 0.6) is 0 Å². The Hall–Kier alpha value is -2.67. The summed E-state index contributed by atoms with van der Waals surface area (Å²) < 4.78 is 14.0. The first kappa shape index (κ1) is 25.6. The third-order valence-electron chi connectivity index (χ3n) is 5.57. The molecular weight excluding hydrogens is 405 g/mol. The van der Waals surface area contributed by atoms with Crippen LogP contribution in [-0.4, -0.2) is 47.2 Å². The predicted molar refractivity (Wildman–Crippen MR) is 130 cm³/mol. The highest BCUT2D eigenvalue weighted by molar-refractivity contribution is 6.43. The minimum Gasteiger partial charge on any atom is -0.385 e. The molecule has 0 radical (unpaired) electrons. The van der Waals surface area contributed by atoms with Gasteiger partial charge in [-0.25, -0.2) is 14.8 Å². The molecule has 2 rings (SSSR count). The van der Waals surface area contributed by atoms with Crippen LogP contribution >= 0.6 is 0 Å². The summed E-state index contributed by atoms with van der Waals surface area (Å²) >= 11 is 0. The van der Waals surface area contributed by atoms with Gasteiger partial charge in [-0.3, -0.25) is 9.80 Å². The van der Waals surface area contributed by atoms with Gasteiger partial charge in [-0.15, -0.1) is 0 Å². The number of carbonyl (C=O) groups excluding carboxylic acids is 1. The Bertz CT molecular complexity index is 824. The summed E-state index contributed by atoms with van der Waals surface area (Å²) in [6.07, 6.45) is 13.2.